The molecule has 2 N–H and O–H groups in total. The quantitative estimate of drug-likeness (QED) is 0.692. The van der Waals surface area contributed by atoms with Crippen LogP contribution in [-0.4, -0.2) is 46.5 Å². The number of piperidine rings is 1. The molecule has 4 amide bonds. The van der Waals surface area contributed by atoms with Gasteiger partial charge in [-0.15, -0.1) is 0 Å². The molecular formula is C12H14N4O4. The van der Waals surface area contributed by atoms with Crippen molar-refractivity contribution in [3.63, 3.8) is 0 Å². The van der Waals surface area contributed by atoms with Crippen LogP contribution in [-0.2, 0) is 4.79 Å². The van der Waals surface area contributed by atoms with Gasteiger partial charge in [0.1, 0.15) is 11.3 Å². The maximum absolute atomic E-state index is 12.2. The van der Waals surface area contributed by atoms with E-state index in [-0.39, 0.29) is 17.5 Å². The molecule has 20 heavy (non-hydrogen) atoms. The molecule has 0 saturated carbocycles. The zero-order valence-corrected chi connectivity index (χ0v) is 10.9. The predicted molar refractivity (Wildman–Crippen MR) is 65.8 cm³/mol. The smallest absolute Gasteiger partial charge is 0.322 e. The zero-order valence-electron chi connectivity index (χ0n) is 10.9. The number of amides is 4. The van der Waals surface area contributed by atoms with Crippen LogP contribution in [0.3, 0.4) is 0 Å². The van der Waals surface area contributed by atoms with Gasteiger partial charge in [0.25, 0.3) is 11.8 Å². The summed E-state index contributed by atoms with van der Waals surface area (Å²) in [5, 5.41) is 8.58. The second-order valence-corrected chi connectivity index (χ2v) is 5.11. The molecule has 8 heteroatoms. The molecule has 3 heterocycles. The highest BCUT2D eigenvalue weighted by Gasteiger charge is 2.48. The van der Waals surface area contributed by atoms with E-state index in [0.717, 1.165) is 0 Å². The minimum atomic E-state index is -0.867. The van der Waals surface area contributed by atoms with Gasteiger partial charge in [-0.2, -0.15) is 0 Å². The van der Waals surface area contributed by atoms with E-state index in [9.17, 15) is 14.4 Å². The minimum absolute atomic E-state index is 0.221. The lowest BCUT2D eigenvalue weighted by Crippen LogP contribution is -2.55. The Labute approximate surface area is 114 Å². The van der Waals surface area contributed by atoms with E-state index in [0.29, 0.717) is 31.7 Å². The second-order valence-electron chi connectivity index (χ2n) is 5.11. The summed E-state index contributed by atoms with van der Waals surface area (Å²) in [5.41, 5.74) is -0.605. The molecule has 3 rings (SSSR count). The SMILES string of the molecule is Cc1cc(C(=O)N2CCC3(CC2)NC(=O)NC3=O)no1. The minimum Gasteiger partial charge on any atom is -0.361 e. The topological polar surface area (TPSA) is 105 Å². The van der Waals surface area contributed by atoms with Crippen LogP contribution >= 0.6 is 0 Å². The van der Waals surface area contributed by atoms with Crippen LogP contribution < -0.4 is 10.6 Å². The standard InChI is InChI=1S/C12H14N4O4/c1-7-6-8(15-20-7)9(17)16-4-2-12(3-5-16)10(18)13-11(19)14-12/h6H,2-5H2,1H3,(H2,13,14,18,19). The van der Waals surface area contributed by atoms with E-state index >= 15 is 0 Å². The number of carbonyl (C=O) groups is 3. The Balaban J connectivity index is 1.68. The number of aromatic nitrogens is 1. The Bertz CT molecular complexity index is 586. The Hall–Kier alpha value is -2.38. The summed E-state index contributed by atoms with van der Waals surface area (Å²) in [4.78, 5) is 36.8. The van der Waals surface area contributed by atoms with Gasteiger partial charge in [-0.25, -0.2) is 4.79 Å². The number of likely N-dealkylation sites (tertiary alicyclic amines) is 1. The molecule has 2 saturated heterocycles. The molecule has 0 radical (unpaired) electrons. The van der Waals surface area contributed by atoms with Crippen molar-refractivity contribution in [1.29, 1.82) is 0 Å². The highest BCUT2D eigenvalue weighted by atomic mass is 16.5. The largest absolute Gasteiger partial charge is 0.361 e. The lowest BCUT2D eigenvalue weighted by atomic mass is 9.87. The summed E-state index contributed by atoms with van der Waals surface area (Å²) in [7, 11) is 0. The normalized spacial score (nSPS) is 20.9. The first-order valence-electron chi connectivity index (χ1n) is 6.36. The van der Waals surface area contributed by atoms with Crippen LogP contribution in [0.1, 0.15) is 29.1 Å². The Kier molecular flexibility index (Phi) is 2.73. The zero-order chi connectivity index (χ0) is 14.3. The third-order valence-corrected chi connectivity index (χ3v) is 3.77. The number of hydrogen-bond donors (Lipinski definition) is 2. The molecule has 0 bridgehead atoms. The van der Waals surface area contributed by atoms with Crippen molar-refractivity contribution in [2.24, 2.45) is 0 Å². The average Bonchev–Trinajstić information content (AvgIpc) is 2.95. The molecule has 1 aromatic rings. The second kappa shape index (κ2) is 4.32. The van der Waals surface area contributed by atoms with Crippen molar-refractivity contribution < 1.29 is 18.9 Å². The number of carbonyl (C=O) groups excluding carboxylic acids is 3. The van der Waals surface area contributed by atoms with Crippen molar-refractivity contribution in [1.82, 2.24) is 20.7 Å². The first-order chi connectivity index (χ1) is 9.50. The maximum atomic E-state index is 12.2. The molecule has 0 unspecified atom stereocenters. The highest BCUT2D eigenvalue weighted by Crippen LogP contribution is 2.26. The Morgan fingerprint density at radius 1 is 1.40 bits per heavy atom. The van der Waals surface area contributed by atoms with Crippen LogP contribution in [0.25, 0.3) is 0 Å². The number of aryl methyl sites for hydroxylation is 1. The van der Waals surface area contributed by atoms with E-state index in [1.807, 2.05) is 0 Å². The summed E-state index contributed by atoms with van der Waals surface area (Å²) in [5.74, 6) is 0.0394. The van der Waals surface area contributed by atoms with Gasteiger partial charge in [0, 0.05) is 19.2 Å². The number of hydrogen-bond acceptors (Lipinski definition) is 5. The van der Waals surface area contributed by atoms with Crippen LogP contribution in [0.2, 0.25) is 0 Å². The molecule has 0 aromatic carbocycles. The lowest BCUT2D eigenvalue weighted by Gasteiger charge is -2.36. The van der Waals surface area contributed by atoms with Crippen molar-refractivity contribution in [2.75, 3.05) is 13.1 Å². The molecule has 1 spiro atoms. The summed E-state index contributed by atoms with van der Waals surface area (Å²) in [6, 6.07) is 1.11. The average molecular weight is 278 g/mol. The molecule has 8 nitrogen and oxygen atoms in total. The van der Waals surface area contributed by atoms with Crippen LogP contribution in [0, 0.1) is 6.92 Å². The number of urea groups is 1. The third kappa shape index (κ3) is 1.93. The first-order valence-corrected chi connectivity index (χ1v) is 6.36. The number of imide groups is 1. The van der Waals surface area contributed by atoms with Gasteiger partial charge in [0.05, 0.1) is 0 Å². The van der Waals surface area contributed by atoms with Crippen LogP contribution in [0.4, 0.5) is 4.79 Å². The Morgan fingerprint density at radius 3 is 2.60 bits per heavy atom. The van der Waals surface area contributed by atoms with E-state index in [2.05, 4.69) is 15.8 Å². The maximum Gasteiger partial charge on any atom is 0.322 e. The Morgan fingerprint density at radius 2 is 2.10 bits per heavy atom. The van der Waals surface area contributed by atoms with Gasteiger partial charge >= 0.3 is 6.03 Å². The molecule has 0 atom stereocenters. The monoisotopic (exact) mass is 278 g/mol. The third-order valence-electron chi connectivity index (χ3n) is 3.77. The van der Waals surface area contributed by atoms with Crippen molar-refractivity contribution in [3.05, 3.63) is 17.5 Å². The van der Waals surface area contributed by atoms with Gasteiger partial charge in [-0.05, 0) is 19.8 Å². The van der Waals surface area contributed by atoms with E-state index in [1.54, 1.807) is 17.9 Å². The first kappa shape index (κ1) is 12.6. The predicted octanol–water partition coefficient (Wildman–Crippen LogP) is -0.203. The van der Waals surface area contributed by atoms with Gasteiger partial charge in [-0.1, -0.05) is 5.16 Å². The summed E-state index contributed by atoms with van der Waals surface area (Å²) >= 11 is 0. The van der Waals surface area contributed by atoms with Gasteiger partial charge < -0.3 is 14.7 Å². The number of rotatable bonds is 1. The van der Waals surface area contributed by atoms with Crippen molar-refractivity contribution in [3.8, 4) is 0 Å². The van der Waals surface area contributed by atoms with Gasteiger partial charge in [0.2, 0.25) is 0 Å². The highest BCUT2D eigenvalue weighted by molar-refractivity contribution is 6.07. The fraction of sp³-hybridized carbons (Fsp3) is 0.500. The number of nitrogens with one attached hydrogen (secondary N) is 2. The summed E-state index contributed by atoms with van der Waals surface area (Å²) in [6.45, 7) is 2.49. The number of nitrogens with zero attached hydrogens (tertiary/aromatic N) is 2. The fourth-order valence-electron chi connectivity index (χ4n) is 2.60. The van der Waals surface area contributed by atoms with Gasteiger partial charge in [-0.3, -0.25) is 14.9 Å². The summed E-state index contributed by atoms with van der Waals surface area (Å²) < 4.78 is 4.88. The molecule has 1 aromatic heterocycles. The van der Waals surface area contributed by atoms with E-state index < -0.39 is 11.6 Å². The molecule has 0 aliphatic carbocycles. The van der Waals surface area contributed by atoms with E-state index in [1.165, 1.54) is 0 Å². The molecule has 106 valence electrons. The molecule has 2 fully saturated rings. The van der Waals surface area contributed by atoms with Crippen LogP contribution in [0.15, 0.2) is 10.6 Å². The van der Waals surface area contributed by atoms with E-state index in [4.69, 9.17) is 4.52 Å². The molecular weight excluding hydrogens is 264 g/mol. The molecule has 2 aliphatic rings. The van der Waals surface area contributed by atoms with Gasteiger partial charge in [0.15, 0.2) is 5.69 Å². The van der Waals surface area contributed by atoms with Crippen molar-refractivity contribution in [2.45, 2.75) is 25.3 Å². The fourth-order valence-corrected chi connectivity index (χ4v) is 2.60. The lowest BCUT2D eigenvalue weighted by molar-refractivity contribution is -0.125. The van der Waals surface area contributed by atoms with Crippen molar-refractivity contribution >= 4 is 17.8 Å². The van der Waals surface area contributed by atoms with Crippen LogP contribution in [0.5, 0.6) is 0 Å². The summed E-state index contributed by atoms with van der Waals surface area (Å²) in [6.07, 6.45) is 0.792. The molecule has 2 aliphatic heterocycles.